The molecule has 1 unspecified atom stereocenters. The van der Waals surface area contributed by atoms with Gasteiger partial charge < -0.3 is 5.11 Å². The van der Waals surface area contributed by atoms with E-state index in [0.29, 0.717) is 6.42 Å². The van der Waals surface area contributed by atoms with Gasteiger partial charge in [0, 0.05) is 13.0 Å². The third-order valence-corrected chi connectivity index (χ3v) is 3.14. The first kappa shape index (κ1) is 13.7. The lowest BCUT2D eigenvalue weighted by Crippen LogP contribution is -2.10. The molecule has 4 heteroatoms. The van der Waals surface area contributed by atoms with E-state index in [1.807, 2.05) is 30.7 Å². The molecule has 0 aliphatic carbocycles. The summed E-state index contributed by atoms with van der Waals surface area (Å²) in [7, 11) is 0. The Hall–Kier alpha value is -1.68. The zero-order valence-electron chi connectivity index (χ0n) is 11.8. The predicted molar refractivity (Wildman–Crippen MR) is 74.9 cm³/mol. The minimum absolute atomic E-state index is 0.503. The topological polar surface area (TPSA) is 50.9 Å². The van der Waals surface area contributed by atoms with Gasteiger partial charge in [0.1, 0.15) is 12.2 Å². The van der Waals surface area contributed by atoms with Gasteiger partial charge in [0.05, 0.1) is 6.10 Å². The Balaban J connectivity index is 2.15. The van der Waals surface area contributed by atoms with E-state index in [-0.39, 0.29) is 0 Å². The molecule has 1 atom stereocenters. The standard InChI is InChI=1S/C15H21N3O/c1-4-5-18-15(16-10-17-18)9-14(19)13-7-11(2)6-12(3)8-13/h6-8,10,14,19H,4-5,9H2,1-3H3. The van der Waals surface area contributed by atoms with Crippen LogP contribution in [-0.2, 0) is 13.0 Å². The molecule has 1 aromatic heterocycles. The fourth-order valence-corrected chi connectivity index (χ4v) is 2.34. The van der Waals surface area contributed by atoms with Gasteiger partial charge in [-0.2, -0.15) is 5.10 Å². The monoisotopic (exact) mass is 259 g/mol. The lowest BCUT2D eigenvalue weighted by Gasteiger charge is -2.13. The van der Waals surface area contributed by atoms with Crippen molar-refractivity contribution in [2.75, 3.05) is 0 Å². The van der Waals surface area contributed by atoms with Crippen molar-refractivity contribution in [1.82, 2.24) is 14.8 Å². The second kappa shape index (κ2) is 5.97. The summed E-state index contributed by atoms with van der Waals surface area (Å²) in [6.07, 6.45) is 2.54. The van der Waals surface area contributed by atoms with Crippen LogP contribution in [0.25, 0.3) is 0 Å². The minimum Gasteiger partial charge on any atom is -0.388 e. The first-order valence-electron chi connectivity index (χ1n) is 6.73. The first-order valence-corrected chi connectivity index (χ1v) is 6.73. The van der Waals surface area contributed by atoms with Crippen LogP contribution in [0.15, 0.2) is 24.5 Å². The van der Waals surface area contributed by atoms with Crippen LogP contribution < -0.4 is 0 Å². The maximum atomic E-state index is 10.4. The van der Waals surface area contributed by atoms with Crippen molar-refractivity contribution in [2.24, 2.45) is 0 Å². The normalized spacial score (nSPS) is 12.6. The second-order valence-corrected chi connectivity index (χ2v) is 5.04. The highest BCUT2D eigenvalue weighted by atomic mass is 16.3. The van der Waals surface area contributed by atoms with Gasteiger partial charge in [0.25, 0.3) is 0 Å². The molecule has 0 aliphatic heterocycles. The summed E-state index contributed by atoms with van der Waals surface area (Å²) in [6, 6.07) is 6.16. The zero-order valence-corrected chi connectivity index (χ0v) is 11.8. The van der Waals surface area contributed by atoms with Crippen molar-refractivity contribution in [2.45, 2.75) is 46.3 Å². The van der Waals surface area contributed by atoms with Gasteiger partial charge in [0.15, 0.2) is 0 Å². The Kier molecular flexibility index (Phi) is 4.32. The molecule has 0 radical (unpaired) electrons. The Morgan fingerprint density at radius 2 is 1.89 bits per heavy atom. The summed E-state index contributed by atoms with van der Waals surface area (Å²) in [6.45, 7) is 7.03. The number of hydrogen-bond donors (Lipinski definition) is 1. The fraction of sp³-hybridized carbons (Fsp3) is 0.467. The van der Waals surface area contributed by atoms with E-state index in [4.69, 9.17) is 0 Å². The molecular weight excluding hydrogens is 238 g/mol. The summed E-state index contributed by atoms with van der Waals surface area (Å²) in [5.74, 6) is 0.841. The molecule has 19 heavy (non-hydrogen) atoms. The molecule has 0 saturated carbocycles. The van der Waals surface area contributed by atoms with Crippen LogP contribution in [-0.4, -0.2) is 19.9 Å². The third kappa shape index (κ3) is 3.41. The molecule has 0 aliphatic rings. The van der Waals surface area contributed by atoms with Gasteiger partial charge in [-0.3, -0.25) is 4.68 Å². The number of aromatic nitrogens is 3. The highest BCUT2D eigenvalue weighted by Crippen LogP contribution is 2.20. The molecule has 0 spiro atoms. The van der Waals surface area contributed by atoms with Gasteiger partial charge in [-0.05, 0) is 25.8 Å². The largest absolute Gasteiger partial charge is 0.388 e. The number of hydrogen-bond acceptors (Lipinski definition) is 3. The molecule has 102 valence electrons. The molecule has 0 saturated heterocycles. The smallest absolute Gasteiger partial charge is 0.138 e. The third-order valence-electron chi connectivity index (χ3n) is 3.14. The van der Waals surface area contributed by atoms with Crippen LogP contribution in [0, 0.1) is 13.8 Å². The number of rotatable bonds is 5. The Morgan fingerprint density at radius 1 is 1.21 bits per heavy atom. The minimum atomic E-state index is -0.529. The summed E-state index contributed by atoms with van der Waals surface area (Å²) in [5, 5.41) is 14.5. The van der Waals surface area contributed by atoms with E-state index in [2.05, 4.69) is 23.1 Å². The van der Waals surface area contributed by atoms with Crippen LogP contribution in [0.2, 0.25) is 0 Å². The number of aliphatic hydroxyl groups is 1. The average Bonchev–Trinajstić information content (AvgIpc) is 2.76. The lowest BCUT2D eigenvalue weighted by atomic mass is 10.0. The Labute approximate surface area is 114 Å². The number of nitrogens with zero attached hydrogens (tertiary/aromatic N) is 3. The quantitative estimate of drug-likeness (QED) is 0.898. The summed E-state index contributed by atoms with van der Waals surface area (Å²) >= 11 is 0. The van der Waals surface area contributed by atoms with E-state index in [1.165, 1.54) is 11.1 Å². The molecule has 4 nitrogen and oxygen atoms in total. The molecule has 1 heterocycles. The maximum Gasteiger partial charge on any atom is 0.138 e. The predicted octanol–water partition coefficient (Wildman–Crippen LogP) is 2.58. The van der Waals surface area contributed by atoms with Crippen LogP contribution in [0.1, 0.15) is 42.0 Å². The summed E-state index contributed by atoms with van der Waals surface area (Å²) < 4.78 is 1.87. The van der Waals surface area contributed by atoms with E-state index in [0.717, 1.165) is 24.4 Å². The first-order chi connectivity index (χ1) is 9.10. The van der Waals surface area contributed by atoms with Crippen molar-refractivity contribution in [1.29, 1.82) is 0 Å². The van der Waals surface area contributed by atoms with E-state index < -0.39 is 6.10 Å². The molecule has 2 rings (SSSR count). The van der Waals surface area contributed by atoms with Gasteiger partial charge in [0.2, 0.25) is 0 Å². The molecule has 0 bridgehead atoms. The number of aliphatic hydroxyl groups excluding tert-OH is 1. The van der Waals surface area contributed by atoms with Crippen molar-refractivity contribution in [3.05, 3.63) is 47.0 Å². The number of benzene rings is 1. The fourth-order valence-electron chi connectivity index (χ4n) is 2.34. The summed E-state index contributed by atoms with van der Waals surface area (Å²) in [4.78, 5) is 4.24. The molecule has 2 aromatic rings. The van der Waals surface area contributed by atoms with Crippen LogP contribution in [0.3, 0.4) is 0 Å². The van der Waals surface area contributed by atoms with E-state index >= 15 is 0 Å². The zero-order chi connectivity index (χ0) is 13.8. The molecule has 0 fully saturated rings. The molecular formula is C15H21N3O. The van der Waals surface area contributed by atoms with Gasteiger partial charge in [-0.1, -0.05) is 36.2 Å². The lowest BCUT2D eigenvalue weighted by molar-refractivity contribution is 0.173. The Bertz CT molecular complexity index is 528. The van der Waals surface area contributed by atoms with Crippen LogP contribution in [0.5, 0.6) is 0 Å². The maximum absolute atomic E-state index is 10.4. The van der Waals surface area contributed by atoms with Crippen molar-refractivity contribution in [3.63, 3.8) is 0 Å². The number of aryl methyl sites for hydroxylation is 3. The molecule has 0 amide bonds. The molecule has 1 aromatic carbocycles. The summed E-state index contributed by atoms with van der Waals surface area (Å²) in [5.41, 5.74) is 3.29. The average molecular weight is 259 g/mol. The highest BCUT2D eigenvalue weighted by molar-refractivity contribution is 5.30. The Morgan fingerprint density at radius 3 is 2.53 bits per heavy atom. The van der Waals surface area contributed by atoms with E-state index in [9.17, 15) is 5.11 Å². The van der Waals surface area contributed by atoms with Gasteiger partial charge in [-0.25, -0.2) is 4.98 Å². The van der Waals surface area contributed by atoms with Gasteiger partial charge in [-0.15, -0.1) is 0 Å². The SMILES string of the molecule is CCCn1ncnc1CC(O)c1cc(C)cc(C)c1. The van der Waals surface area contributed by atoms with Crippen molar-refractivity contribution >= 4 is 0 Å². The highest BCUT2D eigenvalue weighted by Gasteiger charge is 2.13. The van der Waals surface area contributed by atoms with Crippen LogP contribution >= 0.6 is 0 Å². The van der Waals surface area contributed by atoms with E-state index in [1.54, 1.807) is 6.33 Å². The van der Waals surface area contributed by atoms with Crippen molar-refractivity contribution < 1.29 is 5.11 Å². The second-order valence-electron chi connectivity index (χ2n) is 5.04. The van der Waals surface area contributed by atoms with Crippen molar-refractivity contribution in [3.8, 4) is 0 Å². The van der Waals surface area contributed by atoms with Crippen LogP contribution in [0.4, 0.5) is 0 Å². The van der Waals surface area contributed by atoms with Gasteiger partial charge >= 0.3 is 0 Å². The molecule has 1 N–H and O–H groups in total.